The summed E-state index contributed by atoms with van der Waals surface area (Å²) in [6.07, 6.45) is 4.50. The molecule has 3 heterocycles. The van der Waals surface area contributed by atoms with Gasteiger partial charge in [0.25, 0.3) is 5.56 Å². The minimum atomic E-state index is -0.332. The summed E-state index contributed by atoms with van der Waals surface area (Å²) in [7, 11) is 0. The average molecular weight is 532 g/mol. The highest BCUT2D eigenvalue weighted by molar-refractivity contribution is 6.30. The van der Waals surface area contributed by atoms with Crippen LogP contribution in [0.4, 0.5) is 5.69 Å². The van der Waals surface area contributed by atoms with Gasteiger partial charge in [0.2, 0.25) is 0 Å². The first-order chi connectivity index (χ1) is 18.4. The number of aromatic amines is 1. The molecule has 2 fully saturated rings. The molecule has 8 nitrogen and oxygen atoms in total. The molecule has 1 aliphatic carbocycles. The van der Waals surface area contributed by atoms with Crippen molar-refractivity contribution in [2.24, 2.45) is 0 Å². The molecule has 198 valence electrons. The molecule has 4 aromatic rings. The van der Waals surface area contributed by atoms with Gasteiger partial charge in [-0.25, -0.2) is 4.68 Å². The first kappa shape index (κ1) is 25.1. The molecule has 9 heteroatoms. The summed E-state index contributed by atoms with van der Waals surface area (Å²) in [6, 6.07) is 12.2. The summed E-state index contributed by atoms with van der Waals surface area (Å²) in [6.45, 7) is 9.45. The van der Waals surface area contributed by atoms with Crippen LogP contribution in [0.1, 0.15) is 65.8 Å². The monoisotopic (exact) mass is 531 g/mol. The van der Waals surface area contributed by atoms with E-state index in [1.807, 2.05) is 23.7 Å². The summed E-state index contributed by atoms with van der Waals surface area (Å²) in [5.74, 6) is 0.763. The summed E-state index contributed by atoms with van der Waals surface area (Å²) < 4.78 is 2.00. The Bertz CT molecular complexity index is 1530. The van der Waals surface area contributed by atoms with Crippen molar-refractivity contribution in [3.05, 3.63) is 79.9 Å². The van der Waals surface area contributed by atoms with Crippen LogP contribution in [-0.4, -0.2) is 56.3 Å². The highest BCUT2D eigenvalue weighted by Crippen LogP contribution is 2.35. The van der Waals surface area contributed by atoms with Gasteiger partial charge in [0, 0.05) is 47.8 Å². The Morgan fingerprint density at radius 3 is 2.42 bits per heavy atom. The molecule has 6 rings (SSSR count). The molecule has 1 atom stereocenters. The zero-order valence-electron chi connectivity index (χ0n) is 22.2. The van der Waals surface area contributed by atoms with Crippen molar-refractivity contribution in [1.82, 2.24) is 30.1 Å². The molecule has 1 N–H and O–H groups in total. The van der Waals surface area contributed by atoms with Crippen molar-refractivity contribution in [3.8, 4) is 0 Å². The van der Waals surface area contributed by atoms with Crippen LogP contribution < -0.4 is 10.5 Å². The number of H-pyrrole nitrogens is 1. The van der Waals surface area contributed by atoms with Gasteiger partial charge in [-0.05, 0) is 78.9 Å². The first-order valence-corrected chi connectivity index (χ1v) is 13.9. The van der Waals surface area contributed by atoms with Crippen LogP contribution in [0.5, 0.6) is 0 Å². The van der Waals surface area contributed by atoms with Crippen molar-refractivity contribution in [3.63, 3.8) is 0 Å². The number of aromatic nitrogens is 5. The molecule has 2 aromatic carbocycles. The van der Waals surface area contributed by atoms with E-state index in [-0.39, 0.29) is 17.6 Å². The Labute approximate surface area is 227 Å². The topological polar surface area (TPSA) is 82.9 Å². The second-order valence-corrected chi connectivity index (χ2v) is 11.3. The molecular formula is C29H34ClN7O. The molecule has 38 heavy (non-hydrogen) atoms. The minimum Gasteiger partial charge on any atom is -0.369 e. The molecule has 0 spiro atoms. The number of hydrogen-bond acceptors (Lipinski definition) is 6. The number of anilines is 1. The average Bonchev–Trinajstić information content (AvgIpc) is 3.62. The van der Waals surface area contributed by atoms with Gasteiger partial charge in [-0.1, -0.05) is 42.6 Å². The number of aryl methyl sites for hydroxylation is 3. The van der Waals surface area contributed by atoms with Crippen LogP contribution in [0.25, 0.3) is 10.9 Å². The van der Waals surface area contributed by atoms with Gasteiger partial charge >= 0.3 is 0 Å². The molecular weight excluding hydrogens is 498 g/mol. The number of nitrogens with zero attached hydrogens (tertiary/aromatic N) is 6. The Kier molecular flexibility index (Phi) is 6.70. The number of benzene rings is 2. The van der Waals surface area contributed by atoms with Crippen molar-refractivity contribution in [1.29, 1.82) is 0 Å². The van der Waals surface area contributed by atoms with E-state index in [9.17, 15) is 4.79 Å². The van der Waals surface area contributed by atoms with Crippen LogP contribution >= 0.6 is 11.6 Å². The fourth-order valence-electron chi connectivity index (χ4n) is 6.23. The normalized spacial score (nSPS) is 17.9. The lowest BCUT2D eigenvalue weighted by Gasteiger charge is -2.40. The third-order valence-electron chi connectivity index (χ3n) is 8.39. The Hall–Kier alpha value is -3.23. The number of hydrogen-bond donors (Lipinski definition) is 1. The van der Waals surface area contributed by atoms with Crippen molar-refractivity contribution >= 4 is 28.2 Å². The molecule has 0 unspecified atom stereocenters. The fraction of sp³-hybridized carbons (Fsp3) is 0.448. The van der Waals surface area contributed by atoms with Crippen LogP contribution in [0.15, 0.2) is 41.2 Å². The van der Waals surface area contributed by atoms with E-state index in [2.05, 4.69) is 68.4 Å². The standard InChI is InChI=1S/C29H34ClN7O/c1-18-8-9-20(3)26-23(18)17-24(29(38)31-26)27(28-32-33-34-37(28)22-6-4-5-7-22)36-14-12-35(13-15-36)25-16-21(30)11-10-19(25)2/h8-11,16-17,22,27H,4-7,12-15H2,1-3H3,(H,31,38)/t27-/m1/s1. The molecule has 0 bridgehead atoms. The summed E-state index contributed by atoms with van der Waals surface area (Å²) in [5.41, 5.74) is 6.10. The number of tetrazole rings is 1. The van der Waals surface area contributed by atoms with E-state index in [1.165, 1.54) is 24.1 Å². The van der Waals surface area contributed by atoms with Gasteiger partial charge in [0.1, 0.15) is 6.04 Å². The van der Waals surface area contributed by atoms with Crippen LogP contribution in [0.2, 0.25) is 5.02 Å². The van der Waals surface area contributed by atoms with Crippen LogP contribution in [0.3, 0.4) is 0 Å². The number of rotatable bonds is 5. The van der Waals surface area contributed by atoms with E-state index in [4.69, 9.17) is 11.6 Å². The largest absolute Gasteiger partial charge is 0.369 e. The summed E-state index contributed by atoms with van der Waals surface area (Å²) >= 11 is 6.33. The molecule has 0 radical (unpaired) electrons. The third kappa shape index (κ3) is 4.50. The fourth-order valence-corrected chi connectivity index (χ4v) is 6.39. The Morgan fingerprint density at radius 2 is 1.66 bits per heavy atom. The first-order valence-electron chi connectivity index (χ1n) is 13.6. The van der Waals surface area contributed by atoms with Crippen LogP contribution in [-0.2, 0) is 0 Å². The lowest BCUT2D eigenvalue weighted by atomic mass is 9.98. The molecule has 2 aliphatic rings. The lowest BCUT2D eigenvalue weighted by molar-refractivity contribution is 0.197. The summed E-state index contributed by atoms with van der Waals surface area (Å²) in [5, 5.41) is 14.9. The smallest absolute Gasteiger partial charge is 0.253 e. The SMILES string of the molecule is Cc1ccc(Cl)cc1N1CCN([C@H](c2cc3c(C)ccc(C)c3[nH]c2=O)c2nnnn2C2CCCC2)CC1. The molecule has 1 saturated carbocycles. The van der Waals surface area contributed by atoms with Crippen molar-refractivity contribution < 1.29 is 0 Å². The highest BCUT2D eigenvalue weighted by atomic mass is 35.5. The number of halogens is 1. The number of nitrogens with one attached hydrogen (secondary N) is 1. The zero-order valence-corrected chi connectivity index (χ0v) is 23.0. The quantitative estimate of drug-likeness (QED) is 0.385. The summed E-state index contributed by atoms with van der Waals surface area (Å²) in [4.78, 5) is 21.6. The molecule has 1 aliphatic heterocycles. The van der Waals surface area contributed by atoms with Gasteiger partial charge in [0.15, 0.2) is 5.82 Å². The van der Waals surface area contributed by atoms with Gasteiger partial charge < -0.3 is 9.88 Å². The Morgan fingerprint density at radius 1 is 0.947 bits per heavy atom. The maximum atomic E-state index is 13.7. The lowest BCUT2D eigenvalue weighted by Crippen LogP contribution is -2.49. The van der Waals surface area contributed by atoms with Crippen molar-refractivity contribution in [2.75, 3.05) is 31.1 Å². The predicted octanol–water partition coefficient (Wildman–Crippen LogP) is 5.12. The molecule has 0 amide bonds. The number of fused-ring (bicyclic) bond motifs is 1. The molecule has 2 aromatic heterocycles. The van der Waals surface area contributed by atoms with E-state index in [0.29, 0.717) is 5.56 Å². The van der Waals surface area contributed by atoms with E-state index < -0.39 is 0 Å². The van der Waals surface area contributed by atoms with E-state index >= 15 is 0 Å². The van der Waals surface area contributed by atoms with Crippen molar-refractivity contribution in [2.45, 2.75) is 58.5 Å². The number of piperazine rings is 1. The Balaban J connectivity index is 1.41. The second kappa shape index (κ2) is 10.2. The zero-order chi connectivity index (χ0) is 26.4. The van der Waals surface area contributed by atoms with Gasteiger partial charge in [-0.15, -0.1) is 5.10 Å². The number of pyridine rings is 1. The van der Waals surface area contributed by atoms with E-state index in [0.717, 1.165) is 71.9 Å². The predicted molar refractivity (Wildman–Crippen MR) is 151 cm³/mol. The maximum absolute atomic E-state index is 13.7. The molecule has 1 saturated heterocycles. The van der Waals surface area contributed by atoms with Gasteiger partial charge in [-0.2, -0.15) is 0 Å². The second-order valence-electron chi connectivity index (χ2n) is 10.8. The van der Waals surface area contributed by atoms with E-state index in [1.54, 1.807) is 0 Å². The van der Waals surface area contributed by atoms with Crippen LogP contribution in [0, 0.1) is 20.8 Å². The third-order valence-corrected chi connectivity index (χ3v) is 8.63. The minimum absolute atomic E-state index is 0.0784. The van der Waals surface area contributed by atoms with Gasteiger partial charge in [0.05, 0.1) is 11.6 Å². The van der Waals surface area contributed by atoms with Gasteiger partial charge in [-0.3, -0.25) is 9.69 Å². The maximum Gasteiger partial charge on any atom is 0.253 e. The highest BCUT2D eigenvalue weighted by Gasteiger charge is 2.35.